The van der Waals surface area contributed by atoms with E-state index in [0.717, 1.165) is 0 Å². The molecular weight excluding hydrogens is 460 g/mol. The topological polar surface area (TPSA) is 112 Å². The first-order chi connectivity index (χ1) is 15.3. The fourth-order valence-electron chi connectivity index (χ4n) is 5.14. The molecule has 11 heteroatoms. The molecule has 0 aromatic carbocycles. The van der Waals surface area contributed by atoms with Crippen LogP contribution in [0.4, 0.5) is 0 Å². The number of aromatic amines is 1. The van der Waals surface area contributed by atoms with Gasteiger partial charge in [-0.1, -0.05) is 55.4 Å². The van der Waals surface area contributed by atoms with Gasteiger partial charge in [-0.15, -0.1) is 0 Å². The summed E-state index contributed by atoms with van der Waals surface area (Å²) < 4.78 is 28.1. The highest BCUT2D eigenvalue weighted by molar-refractivity contribution is 6.83. The quantitative estimate of drug-likeness (QED) is 0.598. The van der Waals surface area contributed by atoms with Crippen molar-refractivity contribution in [2.45, 2.75) is 109 Å². The molecule has 33 heavy (non-hydrogen) atoms. The highest BCUT2D eigenvalue weighted by Gasteiger charge is 2.61. The molecule has 1 aromatic rings. The van der Waals surface area contributed by atoms with Crippen LogP contribution in [0.25, 0.3) is 0 Å². The predicted molar refractivity (Wildman–Crippen MR) is 130 cm³/mol. The van der Waals surface area contributed by atoms with E-state index in [1.165, 1.54) is 10.8 Å². The Labute approximate surface area is 197 Å². The molecule has 0 saturated carbocycles. The zero-order valence-corrected chi connectivity index (χ0v) is 23.2. The number of fused-ring (bicyclic) bond motifs is 1. The van der Waals surface area contributed by atoms with Crippen LogP contribution in [-0.2, 0) is 17.7 Å². The van der Waals surface area contributed by atoms with Crippen LogP contribution >= 0.6 is 0 Å². The van der Waals surface area contributed by atoms with Crippen molar-refractivity contribution in [2.75, 3.05) is 6.61 Å². The fourth-order valence-corrected chi connectivity index (χ4v) is 16.4. The summed E-state index contributed by atoms with van der Waals surface area (Å²) in [6, 6.07) is 0. The summed E-state index contributed by atoms with van der Waals surface area (Å²) >= 11 is 0. The van der Waals surface area contributed by atoms with Gasteiger partial charge in [-0.25, -0.2) is 4.79 Å². The van der Waals surface area contributed by atoms with Crippen LogP contribution in [0.1, 0.15) is 67.2 Å². The molecule has 0 aliphatic carbocycles. The van der Waals surface area contributed by atoms with Gasteiger partial charge in [0.1, 0.15) is 18.3 Å². The third-order valence-electron chi connectivity index (χ3n) is 7.06. The molecule has 0 spiro atoms. The molecule has 2 saturated heterocycles. The molecule has 2 N–H and O–H groups in total. The average Bonchev–Trinajstić information content (AvgIpc) is 2.98. The molecule has 188 valence electrons. The van der Waals surface area contributed by atoms with Crippen LogP contribution in [0.2, 0.25) is 22.2 Å². The van der Waals surface area contributed by atoms with E-state index in [4.69, 9.17) is 17.7 Å². The highest BCUT2D eigenvalue weighted by Crippen LogP contribution is 2.48. The number of aryl methyl sites for hydroxylation is 1. The largest absolute Gasteiger partial charge is 0.414 e. The summed E-state index contributed by atoms with van der Waals surface area (Å²) in [5, 5.41) is 11.3. The fraction of sp³-hybridized carbons (Fsp3) is 0.818. The first kappa shape index (κ1) is 26.5. The number of aliphatic hydroxyl groups is 1. The molecule has 3 heterocycles. The number of rotatable bonds is 5. The van der Waals surface area contributed by atoms with Crippen molar-refractivity contribution >= 4 is 17.1 Å². The van der Waals surface area contributed by atoms with Gasteiger partial charge in [-0.05, 0) is 29.1 Å². The lowest BCUT2D eigenvalue weighted by Gasteiger charge is -2.51. The minimum atomic E-state index is -2.92. The normalized spacial score (nSPS) is 29.5. The number of aromatic nitrogens is 2. The summed E-state index contributed by atoms with van der Waals surface area (Å²) in [7, 11) is -5.65. The zero-order chi connectivity index (χ0) is 24.9. The average molecular weight is 501 g/mol. The molecule has 0 radical (unpaired) electrons. The van der Waals surface area contributed by atoms with Crippen LogP contribution in [0.5, 0.6) is 0 Å². The Hall–Kier alpha value is -1.09. The van der Waals surface area contributed by atoms with E-state index in [1.807, 2.05) is 0 Å². The van der Waals surface area contributed by atoms with Gasteiger partial charge in [0.2, 0.25) is 0 Å². The van der Waals surface area contributed by atoms with Gasteiger partial charge in [-0.2, -0.15) is 0 Å². The van der Waals surface area contributed by atoms with Gasteiger partial charge in [0.25, 0.3) is 5.56 Å². The lowest BCUT2D eigenvalue weighted by molar-refractivity contribution is -0.0601. The first-order valence-electron chi connectivity index (χ1n) is 11.9. The van der Waals surface area contributed by atoms with E-state index in [2.05, 4.69) is 60.4 Å². The Balaban J connectivity index is 2.10. The minimum Gasteiger partial charge on any atom is -0.414 e. The maximum Gasteiger partial charge on any atom is 0.335 e. The summed E-state index contributed by atoms with van der Waals surface area (Å²) in [5.74, 6) is 0. The molecule has 0 bridgehead atoms. The summed E-state index contributed by atoms with van der Waals surface area (Å²) in [5.41, 5.74) is -0.151. The Morgan fingerprint density at radius 3 is 2.06 bits per heavy atom. The molecule has 1 aromatic heterocycles. The van der Waals surface area contributed by atoms with Gasteiger partial charge < -0.3 is 22.8 Å². The molecular formula is C22H40N2O7Si2. The molecule has 4 atom stereocenters. The summed E-state index contributed by atoms with van der Waals surface area (Å²) in [6.45, 7) is 18.8. The number of hydrogen-bond donors (Lipinski definition) is 2. The Bertz CT molecular complexity index is 943. The molecule has 3 rings (SSSR count). The summed E-state index contributed by atoms with van der Waals surface area (Å²) in [4.78, 5) is 26.7. The van der Waals surface area contributed by atoms with E-state index < -0.39 is 52.9 Å². The van der Waals surface area contributed by atoms with E-state index in [9.17, 15) is 14.7 Å². The number of ether oxygens (including phenoxy) is 1. The highest BCUT2D eigenvalue weighted by atomic mass is 28.5. The van der Waals surface area contributed by atoms with E-state index in [1.54, 1.807) is 6.92 Å². The smallest absolute Gasteiger partial charge is 0.335 e. The van der Waals surface area contributed by atoms with E-state index in [0.29, 0.717) is 5.56 Å². The molecule has 0 unspecified atom stereocenters. The van der Waals surface area contributed by atoms with Crippen molar-refractivity contribution in [1.82, 2.24) is 9.55 Å². The Kier molecular flexibility index (Phi) is 7.65. The van der Waals surface area contributed by atoms with Gasteiger partial charge >= 0.3 is 22.8 Å². The standard InChI is InChI=1S/C22H40N2O7Si2/c1-12(2)32(13(3)4)28-11-17-19(30-33(31-32,14(5)6)15(7)8)18(25)21(29-17)24-10-16(9)20(26)23-22(24)27/h10,12-15,17-19,21,25H,11H2,1-9H3,(H,23,26,27)/t17-,18-,19-,21-/m0/s1. The van der Waals surface area contributed by atoms with Gasteiger partial charge in [0.05, 0.1) is 6.61 Å². The van der Waals surface area contributed by atoms with Gasteiger partial charge in [0.15, 0.2) is 6.23 Å². The van der Waals surface area contributed by atoms with Crippen LogP contribution in [0.15, 0.2) is 15.8 Å². The van der Waals surface area contributed by atoms with Crippen LogP contribution in [-0.4, -0.2) is 56.7 Å². The molecule has 2 aliphatic rings. The molecule has 2 aliphatic heterocycles. The number of hydrogen-bond acceptors (Lipinski definition) is 7. The maximum absolute atomic E-state index is 12.5. The number of nitrogens with one attached hydrogen (secondary N) is 1. The Morgan fingerprint density at radius 2 is 1.55 bits per heavy atom. The number of H-pyrrole nitrogens is 1. The molecule has 9 nitrogen and oxygen atoms in total. The van der Waals surface area contributed by atoms with Crippen molar-refractivity contribution in [3.8, 4) is 0 Å². The third-order valence-corrected chi connectivity index (χ3v) is 17.3. The zero-order valence-electron chi connectivity index (χ0n) is 21.2. The van der Waals surface area contributed by atoms with Crippen molar-refractivity contribution in [1.29, 1.82) is 0 Å². The van der Waals surface area contributed by atoms with Crippen molar-refractivity contribution in [3.63, 3.8) is 0 Å². The minimum absolute atomic E-state index is 0.105. The monoisotopic (exact) mass is 500 g/mol. The maximum atomic E-state index is 12.5. The number of aliphatic hydroxyl groups excluding tert-OH is 1. The first-order valence-corrected chi connectivity index (χ1v) is 15.9. The second-order valence-corrected chi connectivity index (χ2v) is 19.4. The summed E-state index contributed by atoms with van der Waals surface area (Å²) in [6.07, 6.45) is -1.98. The van der Waals surface area contributed by atoms with Crippen LogP contribution in [0.3, 0.4) is 0 Å². The predicted octanol–water partition coefficient (Wildman–Crippen LogP) is 3.06. The Morgan fingerprint density at radius 1 is 1.00 bits per heavy atom. The lowest BCUT2D eigenvalue weighted by Crippen LogP contribution is -2.65. The van der Waals surface area contributed by atoms with E-state index in [-0.39, 0.29) is 28.8 Å². The molecule has 0 amide bonds. The molecule has 2 fully saturated rings. The van der Waals surface area contributed by atoms with Crippen molar-refractivity contribution in [2.24, 2.45) is 0 Å². The van der Waals surface area contributed by atoms with Crippen molar-refractivity contribution < 1.29 is 22.8 Å². The van der Waals surface area contributed by atoms with Gasteiger partial charge in [0, 0.05) is 11.8 Å². The second kappa shape index (κ2) is 9.52. The van der Waals surface area contributed by atoms with E-state index >= 15 is 0 Å². The SMILES string of the molecule is Cc1cn([C@H]2O[C@H]3CO[Si](C(C)C)(C(C)C)O[Si](C(C)C)(C(C)C)O[C@@H]3[C@@H]2O)c(=O)[nH]c1=O. The van der Waals surface area contributed by atoms with Crippen molar-refractivity contribution in [3.05, 3.63) is 32.6 Å². The second-order valence-electron chi connectivity index (χ2n) is 10.6. The lowest BCUT2D eigenvalue weighted by atomic mass is 10.1. The van der Waals surface area contributed by atoms with Gasteiger partial charge in [-0.3, -0.25) is 14.3 Å². The third kappa shape index (κ3) is 4.48. The number of nitrogens with zero attached hydrogens (tertiary/aromatic N) is 1. The van der Waals surface area contributed by atoms with Crippen LogP contribution in [0, 0.1) is 6.92 Å². The van der Waals surface area contributed by atoms with Crippen LogP contribution < -0.4 is 11.2 Å².